The second kappa shape index (κ2) is 5.93. The molecule has 0 radical (unpaired) electrons. The summed E-state index contributed by atoms with van der Waals surface area (Å²) in [5.74, 6) is 0. The van der Waals surface area contributed by atoms with Crippen molar-refractivity contribution in [3.8, 4) is 0 Å². The average Bonchev–Trinajstić information content (AvgIpc) is 2.43. The van der Waals surface area contributed by atoms with Crippen molar-refractivity contribution in [1.82, 2.24) is 5.32 Å². The van der Waals surface area contributed by atoms with Gasteiger partial charge in [0.05, 0.1) is 6.10 Å². The molecule has 2 unspecified atom stereocenters. The van der Waals surface area contributed by atoms with Gasteiger partial charge < -0.3 is 15.3 Å². The number of nitrogens with one attached hydrogen (secondary N) is 1. The average molecular weight is 262 g/mol. The van der Waals surface area contributed by atoms with Crippen LogP contribution < -0.4 is 10.2 Å². The summed E-state index contributed by atoms with van der Waals surface area (Å²) in [6.45, 7) is 6.33. The first-order valence-corrected chi connectivity index (χ1v) is 7.19. The minimum atomic E-state index is -0.142. The first kappa shape index (κ1) is 14.4. The first-order chi connectivity index (χ1) is 9.01. The molecule has 3 nitrogen and oxygen atoms in total. The Morgan fingerprint density at radius 1 is 1.32 bits per heavy atom. The summed E-state index contributed by atoms with van der Waals surface area (Å²) in [5.41, 5.74) is 1.30. The molecule has 2 N–H and O–H groups in total. The Hall–Kier alpha value is -1.06. The van der Waals surface area contributed by atoms with E-state index in [4.69, 9.17) is 0 Å². The zero-order valence-corrected chi connectivity index (χ0v) is 12.3. The van der Waals surface area contributed by atoms with E-state index in [0.29, 0.717) is 6.04 Å². The number of anilines is 1. The highest BCUT2D eigenvalue weighted by Crippen LogP contribution is 2.40. The molecule has 0 spiro atoms. The maximum absolute atomic E-state index is 9.69. The number of aliphatic hydroxyl groups excluding tert-OH is 1. The van der Waals surface area contributed by atoms with Gasteiger partial charge in [0.2, 0.25) is 0 Å². The molecule has 1 aliphatic rings. The quantitative estimate of drug-likeness (QED) is 0.772. The summed E-state index contributed by atoms with van der Waals surface area (Å²) < 4.78 is 0. The molecule has 1 aromatic carbocycles. The third kappa shape index (κ3) is 3.28. The molecular formula is C16H26N2O. The highest BCUT2D eigenvalue weighted by molar-refractivity contribution is 5.44. The molecule has 0 bridgehead atoms. The number of nitrogens with zero attached hydrogens (tertiary/aromatic N) is 1. The largest absolute Gasteiger partial charge is 0.392 e. The number of aliphatic hydroxyl groups is 1. The zero-order valence-electron chi connectivity index (χ0n) is 12.3. The van der Waals surface area contributed by atoms with E-state index in [1.165, 1.54) is 5.69 Å². The third-order valence-electron chi connectivity index (χ3n) is 4.47. The number of hydrogen-bond donors (Lipinski definition) is 2. The maximum Gasteiger partial charge on any atom is 0.0621 e. The monoisotopic (exact) mass is 262 g/mol. The third-order valence-corrected chi connectivity index (χ3v) is 4.47. The Morgan fingerprint density at radius 2 is 2.00 bits per heavy atom. The van der Waals surface area contributed by atoms with Gasteiger partial charge in [0, 0.05) is 30.7 Å². The smallest absolute Gasteiger partial charge is 0.0621 e. The van der Waals surface area contributed by atoms with Crippen molar-refractivity contribution < 1.29 is 5.11 Å². The Balaban J connectivity index is 1.65. The summed E-state index contributed by atoms with van der Waals surface area (Å²) in [6, 6.07) is 10.9. The predicted octanol–water partition coefficient (Wildman–Crippen LogP) is 2.26. The van der Waals surface area contributed by atoms with Gasteiger partial charge in [0.1, 0.15) is 0 Å². The Kier molecular flexibility index (Phi) is 4.48. The van der Waals surface area contributed by atoms with Crippen molar-refractivity contribution in [2.24, 2.45) is 5.41 Å². The molecule has 1 saturated carbocycles. The lowest BCUT2D eigenvalue weighted by atomic mass is 9.64. The van der Waals surface area contributed by atoms with Crippen molar-refractivity contribution in [2.45, 2.75) is 38.8 Å². The SMILES string of the molecule is CN(CCCNC1CC(O)C1(C)C)c1ccccc1. The van der Waals surface area contributed by atoms with E-state index >= 15 is 0 Å². The summed E-state index contributed by atoms with van der Waals surface area (Å²) in [6.07, 6.45) is 1.87. The van der Waals surface area contributed by atoms with Crippen molar-refractivity contribution >= 4 is 5.69 Å². The van der Waals surface area contributed by atoms with Crippen LogP contribution in [0.25, 0.3) is 0 Å². The molecule has 106 valence electrons. The Morgan fingerprint density at radius 3 is 2.58 bits per heavy atom. The Labute approximate surface area is 116 Å². The van der Waals surface area contributed by atoms with Crippen LogP contribution in [-0.2, 0) is 0 Å². The predicted molar refractivity (Wildman–Crippen MR) is 80.5 cm³/mol. The van der Waals surface area contributed by atoms with Crippen molar-refractivity contribution in [1.29, 1.82) is 0 Å². The van der Waals surface area contributed by atoms with Gasteiger partial charge in [-0.3, -0.25) is 0 Å². The number of benzene rings is 1. The second-order valence-electron chi connectivity index (χ2n) is 6.19. The van der Waals surface area contributed by atoms with Crippen LogP contribution in [0.1, 0.15) is 26.7 Å². The molecule has 19 heavy (non-hydrogen) atoms. The van der Waals surface area contributed by atoms with Crippen LogP contribution in [0, 0.1) is 5.41 Å². The fourth-order valence-corrected chi connectivity index (χ4v) is 2.65. The molecule has 1 fully saturated rings. The Bertz CT molecular complexity index is 391. The van der Waals surface area contributed by atoms with Gasteiger partial charge in [-0.05, 0) is 31.5 Å². The molecule has 0 aromatic heterocycles. The van der Waals surface area contributed by atoms with Crippen LogP contribution >= 0.6 is 0 Å². The van der Waals surface area contributed by atoms with E-state index in [0.717, 1.165) is 25.9 Å². The summed E-state index contributed by atoms with van der Waals surface area (Å²) >= 11 is 0. The van der Waals surface area contributed by atoms with Crippen LogP contribution in [0.5, 0.6) is 0 Å². The molecule has 3 heteroatoms. The number of hydrogen-bond acceptors (Lipinski definition) is 3. The van der Waals surface area contributed by atoms with Gasteiger partial charge >= 0.3 is 0 Å². The summed E-state index contributed by atoms with van der Waals surface area (Å²) in [5, 5.41) is 13.3. The number of rotatable bonds is 6. The van der Waals surface area contributed by atoms with E-state index in [1.807, 2.05) is 6.07 Å². The van der Waals surface area contributed by atoms with Gasteiger partial charge in [-0.1, -0.05) is 32.0 Å². The zero-order chi connectivity index (χ0) is 13.9. The molecule has 1 aromatic rings. The molecular weight excluding hydrogens is 236 g/mol. The maximum atomic E-state index is 9.69. The first-order valence-electron chi connectivity index (χ1n) is 7.19. The lowest BCUT2D eigenvalue weighted by Crippen LogP contribution is -2.60. The molecule has 0 amide bonds. The summed E-state index contributed by atoms with van der Waals surface area (Å²) in [4.78, 5) is 2.28. The lowest BCUT2D eigenvalue weighted by Gasteiger charge is -2.49. The molecule has 0 heterocycles. The minimum Gasteiger partial charge on any atom is -0.392 e. The molecule has 2 atom stereocenters. The molecule has 2 rings (SSSR count). The van der Waals surface area contributed by atoms with Gasteiger partial charge in [0.25, 0.3) is 0 Å². The second-order valence-corrected chi connectivity index (χ2v) is 6.19. The summed E-state index contributed by atoms with van der Waals surface area (Å²) in [7, 11) is 2.13. The van der Waals surface area contributed by atoms with E-state index in [2.05, 4.69) is 55.4 Å². The van der Waals surface area contributed by atoms with Gasteiger partial charge in [-0.15, -0.1) is 0 Å². The van der Waals surface area contributed by atoms with Crippen molar-refractivity contribution in [2.75, 3.05) is 25.0 Å². The van der Waals surface area contributed by atoms with Gasteiger partial charge in [0.15, 0.2) is 0 Å². The van der Waals surface area contributed by atoms with Crippen LogP contribution in [0.4, 0.5) is 5.69 Å². The van der Waals surface area contributed by atoms with Crippen LogP contribution in [0.2, 0.25) is 0 Å². The van der Waals surface area contributed by atoms with E-state index < -0.39 is 0 Å². The van der Waals surface area contributed by atoms with E-state index in [-0.39, 0.29) is 11.5 Å². The highest BCUT2D eigenvalue weighted by atomic mass is 16.3. The van der Waals surface area contributed by atoms with Crippen LogP contribution in [-0.4, -0.2) is 37.4 Å². The highest BCUT2D eigenvalue weighted by Gasteiger charge is 2.46. The number of para-hydroxylation sites is 1. The normalized spacial score (nSPS) is 24.8. The lowest BCUT2D eigenvalue weighted by molar-refractivity contribution is -0.0721. The van der Waals surface area contributed by atoms with Crippen LogP contribution in [0.3, 0.4) is 0 Å². The van der Waals surface area contributed by atoms with Crippen molar-refractivity contribution in [3.63, 3.8) is 0 Å². The van der Waals surface area contributed by atoms with Gasteiger partial charge in [-0.25, -0.2) is 0 Å². The minimum absolute atomic E-state index is 0.0331. The molecule has 1 aliphatic carbocycles. The topological polar surface area (TPSA) is 35.5 Å². The fraction of sp³-hybridized carbons (Fsp3) is 0.625. The van der Waals surface area contributed by atoms with E-state index in [1.54, 1.807) is 0 Å². The van der Waals surface area contributed by atoms with E-state index in [9.17, 15) is 5.11 Å². The van der Waals surface area contributed by atoms with Crippen molar-refractivity contribution in [3.05, 3.63) is 30.3 Å². The van der Waals surface area contributed by atoms with Gasteiger partial charge in [-0.2, -0.15) is 0 Å². The van der Waals surface area contributed by atoms with Crippen LogP contribution in [0.15, 0.2) is 30.3 Å². The molecule has 0 aliphatic heterocycles. The molecule has 0 saturated heterocycles. The standard InChI is InChI=1S/C16H26N2O/c1-16(2)14(12-15(16)19)17-10-7-11-18(3)13-8-5-4-6-9-13/h4-6,8-9,14-15,17,19H,7,10-12H2,1-3H3. The fourth-order valence-electron chi connectivity index (χ4n) is 2.65.